The summed E-state index contributed by atoms with van der Waals surface area (Å²) in [6.07, 6.45) is 0.940. The monoisotopic (exact) mass is 284 g/mol. The van der Waals surface area contributed by atoms with Crippen LogP contribution >= 0.6 is 0 Å². The van der Waals surface area contributed by atoms with E-state index in [0.29, 0.717) is 13.2 Å². The second-order valence-electron chi connectivity index (χ2n) is 6.89. The van der Waals surface area contributed by atoms with E-state index in [9.17, 15) is 4.79 Å². The highest BCUT2D eigenvalue weighted by atomic mass is 16.5. The maximum absolute atomic E-state index is 12.2. The second-order valence-corrected chi connectivity index (χ2v) is 6.89. The topological polar surface area (TPSA) is 50.8 Å². The number of hydrogen-bond acceptors (Lipinski definition) is 5. The molecule has 0 aromatic heterocycles. The first kappa shape index (κ1) is 15.7. The SMILES string of the molecule is CCOC(=O)C1CNCCN1C1CC(C)(C)OC1(C)C. The Hall–Kier alpha value is -0.650. The average Bonchev–Trinajstić information content (AvgIpc) is 2.57. The molecule has 0 saturated carbocycles. The molecule has 1 N–H and O–H groups in total. The van der Waals surface area contributed by atoms with Gasteiger partial charge >= 0.3 is 5.97 Å². The largest absolute Gasteiger partial charge is 0.465 e. The van der Waals surface area contributed by atoms with Gasteiger partial charge in [0.25, 0.3) is 0 Å². The predicted octanol–water partition coefficient (Wildman–Crippen LogP) is 1.17. The third kappa shape index (κ3) is 3.15. The van der Waals surface area contributed by atoms with E-state index in [1.165, 1.54) is 0 Å². The molecule has 2 aliphatic heterocycles. The summed E-state index contributed by atoms with van der Waals surface area (Å²) >= 11 is 0. The fourth-order valence-corrected chi connectivity index (χ4v) is 3.60. The highest BCUT2D eigenvalue weighted by Crippen LogP contribution is 2.41. The molecule has 0 aromatic rings. The molecule has 2 atom stereocenters. The molecule has 2 fully saturated rings. The normalized spacial score (nSPS) is 33.0. The molecule has 5 nitrogen and oxygen atoms in total. The fourth-order valence-electron chi connectivity index (χ4n) is 3.60. The van der Waals surface area contributed by atoms with Gasteiger partial charge in [-0.1, -0.05) is 0 Å². The summed E-state index contributed by atoms with van der Waals surface area (Å²) in [4.78, 5) is 14.5. The lowest BCUT2D eigenvalue weighted by Gasteiger charge is -2.42. The average molecular weight is 284 g/mol. The summed E-state index contributed by atoms with van der Waals surface area (Å²) < 4.78 is 11.4. The van der Waals surface area contributed by atoms with E-state index in [0.717, 1.165) is 19.5 Å². The van der Waals surface area contributed by atoms with Gasteiger partial charge in [-0.3, -0.25) is 9.69 Å². The van der Waals surface area contributed by atoms with Crippen molar-refractivity contribution in [1.82, 2.24) is 10.2 Å². The van der Waals surface area contributed by atoms with Gasteiger partial charge in [-0.25, -0.2) is 0 Å². The Labute approximate surface area is 122 Å². The Balaban J connectivity index is 2.17. The molecule has 5 heteroatoms. The summed E-state index contributed by atoms with van der Waals surface area (Å²) in [6.45, 7) is 13.2. The van der Waals surface area contributed by atoms with E-state index >= 15 is 0 Å². The minimum atomic E-state index is -0.244. The van der Waals surface area contributed by atoms with Crippen molar-refractivity contribution in [3.8, 4) is 0 Å². The smallest absolute Gasteiger partial charge is 0.324 e. The molecule has 0 bridgehead atoms. The van der Waals surface area contributed by atoms with E-state index in [2.05, 4.69) is 37.9 Å². The molecule has 2 saturated heterocycles. The molecule has 0 aromatic carbocycles. The Morgan fingerprint density at radius 1 is 1.40 bits per heavy atom. The van der Waals surface area contributed by atoms with E-state index in [1.807, 2.05) is 6.92 Å². The summed E-state index contributed by atoms with van der Waals surface area (Å²) in [7, 11) is 0. The molecular formula is C15H28N2O3. The second kappa shape index (κ2) is 5.62. The van der Waals surface area contributed by atoms with Crippen molar-refractivity contribution in [2.24, 2.45) is 0 Å². The van der Waals surface area contributed by atoms with Crippen LogP contribution in [0.25, 0.3) is 0 Å². The molecule has 2 unspecified atom stereocenters. The first-order valence-electron chi connectivity index (χ1n) is 7.60. The van der Waals surface area contributed by atoms with Crippen LogP contribution in [0.5, 0.6) is 0 Å². The number of nitrogens with one attached hydrogen (secondary N) is 1. The molecule has 2 heterocycles. The quantitative estimate of drug-likeness (QED) is 0.789. The molecule has 20 heavy (non-hydrogen) atoms. The minimum absolute atomic E-state index is 0.125. The number of rotatable bonds is 3. The Morgan fingerprint density at radius 3 is 2.65 bits per heavy atom. The molecule has 116 valence electrons. The van der Waals surface area contributed by atoms with Gasteiger partial charge in [0.05, 0.1) is 17.8 Å². The van der Waals surface area contributed by atoms with Gasteiger partial charge in [0, 0.05) is 25.7 Å². The molecular weight excluding hydrogens is 256 g/mol. The zero-order valence-corrected chi connectivity index (χ0v) is 13.4. The number of esters is 1. The van der Waals surface area contributed by atoms with E-state index in [-0.39, 0.29) is 29.3 Å². The van der Waals surface area contributed by atoms with Crippen molar-refractivity contribution >= 4 is 5.97 Å². The van der Waals surface area contributed by atoms with Gasteiger partial charge in [0.15, 0.2) is 0 Å². The number of hydrogen-bond donors (Lipinski definition) is 1. The van der Waals surface area contributed by atoms with Crippen molar-refractivity contribution < 1.29 is 14.3 Å². The highest BCUT2D eigenvalue weighted by molar-refractivity contribution is 5.76. The van der Waals surface area contributed by atoms with Gasteiger partial charge in [-0.05, 0) is 41.0 Å². The van der Waals surface area contributed by atoms with E-state index in [1.54, 1.807) is 0 Å². The first-order chi connectivity index (χ1) is 9.27. The van der Waals surface area contributed by atoms with Crippen molar-refractivity contribution in [2.75, 3.05) is 26.2 Å². The Bertz CT molecular complexity index is 368. The third-order valence-electron chi connectivity index (χ3n) is 4.27. The van der Waals surface area contributed by atoms with Gasteiger partial charge in [-0.15, -0.1) is 0 Å². The molecule has 0 amide bonds. The lowest BCUT2D eigenvalue weighted by atomic mass is 9.91. The van der Waals surface area contributed by atoms with Gasteiger partial charge in [-0.2, -0.15) is 0 Å². The van der Waals surface area contributed by atoms with Gasteiger partial charge in [0.2, 0.25) is 0 Å². The third-order valence-corrected chi connectivity index (χ3v) is 4.27. The van der Waals surface area contributed by atoms with Crippen LogP contribution in [0.2, 0.25) is 0 Å². The summed E-state index contributed by atoms with van der Waals surface area (Å²) in [5.41, 5.74) is -0.385. The number of piperazine rings is 1. The summed E-state index contributed by atoms with van der Waals surface area (Å²) in [5, 5.41) is 3.29. The summed E-state index contributed by atoms with van der Waals surface area (Å²) in [6, 6.07) is 0.0412. The standard InChI is InChI=1S/C15H28N2O3/c1-6-19-13(18)11-10-16-7-8-17(11)12-9-14(2,3)20-15(12,4)5/h11-12,16H,6-10H2,1-5H3. The van der Waals surface area contributed by atoms with Crippen LogP contribution in [0.1, 0.15) is 41.0 Å². The van der Waals surface area contributed by atoms with E-state index < -0.39 is 0 Å². The fraction of sp³-hybridized carbons (Fsp3) is 0.933. The van der Waals surface area contributed by atoms with Crippen molar-refractivity contribution in [3.63, 3.8) is 0 Å². The maximum atomic E-state index is 12.2. The van der Waals surface area contributed by atoms with Crippen LogP contribution in [0, 0.1) is 0 Å². The number of ether oxygens (including phenoxy) is 2. The molecule has 2 aliphatic rings. The van der Waals surface area contributed by atoms with E-state index in [4.69, 9.17) is 9.47 Å². The lowest BCUT2D eigenvalue weighted by molar-refractivity contribution is -0.153. The highest BCUT2D eigenvalue weighted by Gasteiger charge is 2.51. The number of carbonyl (C=O) groups excluding carboxylic acids is 1. The predicted molar refractivity (Wildman–Crippen MR) is 77.6 cm³/mol. The van der Waals surface area contributed by atoms with Gasteiger partial charge in [0.1, 0.15) is 6.04 Å². The van der Waals surface area contributed by atoms with Crippen molar-refractivity contribution in [2.45, 2.75) is 64.3 Å². The zero-order chi connectivity index (χ0) is 15.0. The number of nitrogens with zero attached hydrogens (tertiary/aromatic N) is 1. The summed E-state index contributed by atoms with van der Waals surface area (Å²) in [5.74, 6) is -0.125. The molecule has 0 spiro atoms. The van der Waals surface area contributed by atoms with Crippen molar-refractivity contribution in [3.05, 3.63) is 0 Å². The zero-order valence-electron chi connectivity index (χ0n) is 13.4. The van der Waals surface area contributed by atoms with Crippen LogP contribution < -0.4 is 5.32 Å². The lowest BCUT2D eigenvalue weighted by Crippen LogP contribution is -2.62. The van der Waals surface area contributed by atoms with Crippen molar-refractivity contribution in [1.29, 1.82) is 0 Å². The molecule has 0 radical (unpaired) electrons. The van der Waals surface area contributed by atoms with Crippen LogP contribution in [0.3, 0.4) is 0 Å². The Morgan fingerprint density at radius 2 is 2.10 bits per heavy atom. The maximum Gasteiger partial charge on any atom is 0.324 e. The van der Waals surface area contributed by atoms with Crippen LogP contribution in [0.15, 0.2) is 0 Å². The first-order valence-corrected chi connectivity index (χ1v) is 7.60. The molecule has 0 aliphatic carbocycles. The minimum Gasteiger partial charge on any atom is -0.465 e. The Kier molecular flexibility index (Phi) is 4.42. The van der Waals surface area contributed by atoms with Gasteiger partial charge < -0.3 is 14.8 Å². The van der Waals surface area contributed by atoms with Crippen LogP contribution in [-0.2, 0) is 14.3 Å². The number of carbonyl (C=O) groups is 1. The van der Waals surface area contributed by atoms with Crippen LogP contribution in [0.4, 0.5) is 0 Å². The van der Waals surface area contributed by atoms with Crippen LogP contribution in [-0.4, -0.2) is 60.4 Å². The molecule has 2 rings (SSSR count).